The number of allylic oxidation sites excluding steroid dienone is 4. The average molecular weight is 613 g/mol. The quantitative estimate of drug-likeness (QED) is 0.133. The predicted molar refractivity (Wildman–Crippen MR) is 184 cm³/mol. The number of hydrogen-bond acceptors (Lipinski definition) is 0. The van der Waals surface area contributed by atoms with E-state index in [0.717, 1.165) is 61.0 Å². The molecule has 1 saturated carbocycles. The fraction of sp³-hybridized carbons (Fsp3) is 0.476. The first kappa shape index (κ1) is 33.3. The summed E-state index contributed by atoms with van der Waals surface area (Å²) in [5.74, 6) is 0.537. The topological polar surface area (TPSA) is 0 Å². The minimum atomic E-state index is -0.803. The summed E-state index contributed by atoms with van der Waals surface area (Å²) in [5, 5.41) is 0. The third-order valence-corrected chi connectivity index (χ3v) is 10.5. The highest BCUT2D eigenvalue weighted by Crippen LogP contribution is 2.42. The van der Waals surface area contributed by atoms with E-state index in [0.29, 0.717) is 23.1 Å². The lowest BCUT2D eigenvalue weighted by molar-refractivity contribution is 0.212. The Kier molecular flexibility index (Phi) is 12.2. The lowest BCUT2D eigenvalue weighted by atomic mass is 9.71. The Morgan fingerprint density at radius 3 is 1.96 bits per heavy atom. The summed E-state index contributed by atoms with van der Waals surface area (Å²) < 4.78 is 45.4. The summed E-state index contributed by atoms with van der Waals surface area (Å²) in [7, 11) is 0. The zero-order chi connectivity index (χ0) is 31.6. The van der Waals surface area contributed by atoms with Gasteiger partial charge in [0.1, 0.15) is 5.82 Å². The molecule has 0 bridgehead atoms. The molecular weight excluding hydrogens is 561 g/mol. The minimum absolute atomic E-state index is 0.242. The van der Waals surface area contributed by atoms with Gasteiger partial charge in [0.2, 0.25) is 0 Å². The second-order valence-electron chi connectivity index (χ2n) is 13.5. The van der Waals surface area contributed by atoms with Crippen molar-refractivity contribution < 1.29 is 13.2 Å². The highest BCUT2D eigenvalue weighted by Gasteiger charge is 2.28. The molecule has 0 N–H and O–H groups in total. The fourth-order valence-corrected chi connectivity index (χ4v) is 7.68. The summed E-state index contributed by atoms with van der Waals surface area (Å²) in [4.78, 5) is 0. The standard InChI is InChI=1S/C42H51F3/c1-3-5-6-7-8-9-10-12-36-25-28-39(42(45)41(36)44)35-23-21-34(22-24-35)38-27-26-37(29-40(38)43)33-19-17-32(18-20-33)31-15-13-30(11-4-2)14-16-31/h4,11,19,21-32H,3,5-10,12-18,20H2,1-2H3. The zero-order valence-corrected chi connectivity index (χ0v) is 27.4. The molecule has 0 nitrogen and oxygen atoms in total. The SMILES string of the molecule is CC=CC1CCC(C2CC=C(c3ccc(-c4ccc(-c5ccc(CCCCCCCCC)c(F)c5F)cc4)c(F)c3)CC2)CC1. The highest BCUT2D eigenvalue weighted by atomic mass is 19.2. The largest absolute Gasteiger partial charge is 0.206 e. The number of aryl methyl sites for hydroxylation is 1. The molecule has 0 aromatic heterocycles. The van der Waals surface area contributed by atoms with Gasteiger partial charge in [-0.25, -0.2) is 13.2 Å². The Morgan fingerprint density at radius 2 is 1.31 bits per heavy atom. The van der Waals surface area contributed by atoms with Gasteiger partial charge in [-0.1, -0.05) is 112 Å². The number of rotatable bonds is 13. The maximum Gasteiger partial charge on any atom is 0.166 e. The summed E-state index contributed by atoms with van der Waals surface area (Å²) in [5.41, 5.74) is 4.75. The van der Waals surface area contributed by atoms with Gasteiger partial charge in [-0.05, 0) is 116 Å². The number of hydrogen-bond donors (Lipinski definition) is 0. The van der Waals surface area contributed by atoms with Crippen molar-refractivity contribution in [2.24, 2.45) is 17.8 Å². The third-order valence-electron chi connectivity index (χ3n) is 10.5. The van der Waals surface area contributed by atoms with Crippen LogP contribution in [0.5, 0.6) is 0 Å². The molecule has 240 valence electrons. The van der Waals surface area contributed by atoms with Gasteiger partial charge in [0.05, 0.1) is 0 Å². The lowest BCUT2D eigenvalue weighted by Crippen LogP contribution is -2.22. The first-order valence-corrected chi connectivity index (χ1v) is 17.7. The number of benzene rings is 3. The monoisotopic (exact) mass is 612 g/mol. The molecule has 1 atom stereocenters. The molecule has 2 aliphatic carbocycles. The van der Waals surface area contributed by atoms with Crippen molar-refractivity contribution in [2.75, 3.05) is 0 Å². The van der Waals surface area contributed by atoms with Crippen molar-refractivity contribution in [1.29, 1.82) is 0 Å². The normalized spacial score (nSPS) is 20.5. The molecule has 45 heavy (non-hydrogen) atoms. The van der Waals surface area contributed by atoms with Gasteiger partial charge in [0, 0.05) is 11.1 Å². The molecule has 3 heteroatoms. The van der Waals surface area contributed by atoms with E-state index in [1.54, 1.807) is 42.5 Å². The van der Waals surface area contributed by atoms with Gasteiger partial charge in [-0.3, -0.25) is 0 Å². The summed E-state index contributed by atoms with van der Waals surface area (Å²) in [6.45, 7) is 4.32. The summed E-state index contributed by atoms with van der Waals surface area (Å²) >= 11 is 0. The molecule has 0 heterocycles. The van der Waals surface area contributed by atoms with Crippen LogP contribution in [0.3, 0.4) is 0 Å². The molecule has 0 aliphatic heterocycles. The molecule has 0 amide bonds. The van der Waals surface area contributed by atoms with Gasteiger partial charge < -0.3 is 0 Å². The molecule has 2 aliphatic rings. The maximum atomic E-state index is 15.4. The molecule has 1 fully saturated rings. The van der Waals surface area contributed by atoms with Crippen molar-refractivity contribution in [3.05, 3.63) is 101 Å². The van der Waals surface area contributed by atoms with Crippen LogP contribution >= 0.6 is 0 Å². The lowest BCUT2D eigenvalue weighted by Gasteiger charge is -2.34. The molecule has 0 saturated heterocycles. The van der Waals surface area contributed by atoms with E-state index in [-0.39, 0.29) is 11.4 Å². The Balaban J connectivity index is 1.18. The van der Waals surface area contributed by atoms with Crippen LogP contribution in [0.4, 0.5) is 13.2 Å². The third kappa shape index (κ3) is 8.60. The highest BCUT2D eigenvalue weighted by molar-refractivity contribution is 5.74. The molecule has 3 aromatic carbocycles. The van der Waals surface area contributed by atoms with Gasteiger partial charge in [-0.15, -0.1) is 0 Å². The second-order valence-corrected chi connectivity index (χ2v) is 13.5. The number of unbranched alkanes of at least 4 members (excludes halogenated alkanes) is 6. The van der Waals surface area contributed by atoms with Crippen molar-refractivity contribution in [3.8, 4) is 22.3 Å². The van der Waals surface area contributed by atoms with E-state index in [4.69, 9.17) is 0 Å². The Morgan fingerprint density at radius 1 is 0.667 bits per heavy atom. The van der Waals surface area contributed by atoms with Crippen molar-refractivity contribution in [2.45, 2.75) is 110 Å². The molecule has 3 aromatic rings. The van der Waals surface area contributed by atoms with Gasteiger partial charge in [0.25, 0.3) is 0 Å². The molecule has 0 spiro atoms. The first-order chi connectivity index (χ1) is 22.0. The maximum absolute atomic E-state index is 15.4. The molecule has 0 radical (unpaired) electrons. The van der Waals surface area contributed by atoms with Crippen LogP contribution in [0.1, 0.15) is 115 Å². The van der Waals surface area contributed by atoms with E-state index in [1.807, 2.05) is 12.1 Å². The molecule has 5 rings (SSSR count). The van der Waals surface area contributed by atoms with E-state index in [9.17, 15) is 4.39 Å². The van der Waals surface area contributed by atoms with Crippen LogP contribution in [0.15, 0.2) is 72.8 Å². The van der Waals surface area contributed by atoms with E-state index in [2.05, 4.69) is 32.1 Å². The van der Waals surface area contributed by atoms with Crippen LogP contribution in [0.2, 0.25) is 0 Å². The minimum Gasteiger partial charge on any atom is -0.206 e. The second kappa shape index (κ2) is 16.5. The van der Waals surface area contributed by atoms with Gasteiger partial charge >= 0.3 is 0 Å². The smallest absolute Gasteiger partial charge is 0.166 e. The van der Waals surface area contributed by atoms with E-state index < -0.39 is 11.6 Å². The molecule has 1 unspecified atom stereocenters. The van der Waals surface area contributed by atoms with Crippen LogP contribution in [0.25, 0.3) is 27.8 Å². The van der Waals surface area contributed by atoms with Gasteiger partial charge in [0.15, 0.2) is 11.6 Å². The summed E-state index contributed by atoms with van der Waals surface area (Å²) in [6.07, 6.45) is 24.1. The predicted octanol–water partition coefficient (Wildman–Crippen LogP) is 13.3. The van der Waals surface area contributed by atoms with Crippen molar-refractivity contribution >= 4 is 5.57 Å². The van der Waals surface area contributed by atoms with Crippen LogP contribution < -0.4 is 0 Å². The van der Waals surface area contributed by atoms with E-state index in [1.165, 1.54) is 63.4 Å². The Hall–Kier alpha value is -3.07. The Labute approximate surface area is 269 Å². The first-order valence-electron chi connectivity index (χ1n) is 17.7. The fourth-order valence-electron chi connectivity index (χ4n) is 7.68. The van der Waals surface area contributed by atoms with Crippen LogP contribution in [0, 0.1) is 35.2 Å². The summed E-state index contributed by atoms with van der Waals surface area (Å²) in [6, 6.07) is 16.0. The Bertz CT molecular complexity index is 1440. The molecular formula is C42H51F3. The van der Waals surface area contributed by atoms with E-state index >= 15 is 8.78 Å². The van der Waals surface area contributed by atoms with Crippen LogP contribution in [-0.4, -0.2) is 0 Å². The van der Waals surface area contributed by atoms with Crippen LogP contribution in [-0.2, 0) is 6.42 Å². The van der Waals surface area contributed by atoms with Crippen molar-refractivity contribution in [3.63, 3.8) is 0 Å². The zero-order valence-electron chi connectivity index (χ0n) is 27.4. The van der Waals surface area contributed by atoms with Gasteiger partial charge in [-0.2, -0.15) is 0 Å². The average Bonchev–Trinajstić information content (AvgIpc) is 3.07. The van der Waals surface area contributed by atoms with Crippen molar-refractivity contribution in [1.82, 2.24) is 0 Å². The number of halogens is 3.